The molecular formula is C16H15FN2O2. The Morgan fingerprint density at radius 2 is 1.76 bits per heavy atom. The molecule has 21 heavy (non-hydrogen) atoms. The number of aryl methyl sites for hydroxylation is 1. The minimum Gasteiger partial charge on any atom is -0.399 e. The lowest BCUT2D eigenvalue weighted by Gasteiger charge is -2.09. The van der Waals surface area contributed by atoms with Crippen LogP contribution in [0.15, 0.2) is 36.4 Å². The van der Waals surface area contributed by atoms with E-state index in [2.05, 4.69) is 5.32 Å². The van der Waals surface area contributed by atoms with E-state index in [0.717, 1.165) is 0 Å². The van der Waals surface area contributed by atoms with Gasteiger partial charge in [-0.1, -0.05) is 0 Å². The molecule has 0 bridgehead atoms. The first-order valence-corrected chi connectivity index (χ1v) is 6.36. The van der Waals surface area contributed by atoms with Gasteiger partial charge in [0.15, 0.2) is 5.78 Å². The Hall–Kier alpha value is -2.69. The largest absolute Gasteiger partial charge is 0.399 e. The second-order valence-corrected chi connectivity index (χ2v) is 4.79. The van der Waals surface area contributed by atoms with Crippen molar-refractivity contribution in [3.63, 3.8) is 0 Å². The van der Waals surface area contributed by atoms with Crippen LogP contribution in [0.25, 0.3) is 0 Å². The predicted molar refractivity (Wildman–Crippen MR) is 79.9 cm³/mol. The monoisotopic (exact) mass is 286 g/mol. The lowest BCUT2D eigenvalue weighted by Crippen LogP contribution is -2.15. The number of carbonyl (C=O) groups is 2. The van der Waals surface area contributed by atoms with Crippen LogP contribution in [0.3, 0.4) is 0 Å². The van der Waals surface area contributed by atoms with Gasteiger partial charge in [0, 0.05) is 16.9 Å². The number of halogens is 1. The van der Waals surface area contributed by atoms with E-state index >= 15 is 0 Å². The summed E-state index contributed by atoms with van der Waals surface area (Å²) in [4.78, 5) is 23.3. The first kappa shape index (κ1) is 14.7. The van der Waals surface area contributed by atoms with E-state index in [9.17, 15) is 14.0 Å². The van der Waals surface area contributed by atoms with Gasteiger partial charge in [0.05, 0.1) is 5.56 Å². The second-order valence-electron chi connectivity index (χ2n) is 4.79. The third-order valence-corrected chi connectivity index (χ3v) is 3.07. The highest BCUT2D eigenvalue weighted by atomic mass is 19.1. The number of nitrogens with two attached hydrogens (primary N) is 1. The zero-order valence-corrected chi connectivity index (χ0v) is 11.7. The molecule has 3 N–H and O–H groups in total. The van der Waals surface area contributed by atoms with Crippen molar-refractivity contribution in [2.45, 2.75) is 13.8 Å². The topological polar surface area (TPSA) is 72.2 Å². The zero-order valence-electron chi connectivity index (χ0n) is 11.7. The number of Topliss-reactive ketones (excluding diaryl/α,β-unsaturated/α-hetero) is 1. The minimum atomic E-state index is -0.595. The molecular weight excluding hydrogens is 271 g/mol. The van der Waals surface area contributed by atoms with Gasteiger partial charge in [0.2, 0.25) is 0 Å². The fourth-order valence-corrected chi connectivity index (χ4v) is 1.95. The average molecular weight is 286 g/mol. The Morgan fingerprint density at radius 3 is 2.33 bits per heavy atom. The highest BCUT2D eigenvalue weighted by molar-refractivity contribution is 6.05. The fraction of sp³-hybridized carbons (Fsp3) is 0.125. The van der Waals surface area contributed by atoms with Gasteiger partial charge in [-0.05, 0) is 55.8 Å². The van der Waals surface area contributed by atoms with Crippen LogP contribution in [0, 0.1) is 12.7 Å². The van der Waals surface area contributed by atoms with Gasteiger partial charge in [-0.25, -0.2) is 4.39 Å². The van der Waals surface area contributed by atoms with Crippen LogP contribution in [-0.2, 0) is 0 Å². The van der Waals surface area contributed by atoms with Crippen molar-refractivity contribution in [2.75, 3.05) is 11.1 Å². The van der Waals surface area contributed by atoms with E-state index in [-0.39, 0.29) is 11.3 Å². The molecule has 0 radical (unpaired) electrons. The molecule has 2 aromatic rings. The number of anilines is 2. The van der Waals surface area contributed by atoms with Crippen LogP contribution in [0.1, 0.15) is 33.2 Å². The van der Waals surface area contributed by atoms with Crippen LogP contribution >= 0.6 is 0 Å². The van der Waals surface area contributed by atoms with Gasteiger partial charge in [0.1, 0.15) is 5.82 Å². The maximum absolute atomic E-state index is 13.9. The molecule has 0 spiro atoms. The van der Waals surface area contributed by atoms with Crippen molar-refractivity contribution in [1.29, 1.82) is 0 Å². The Balaban J connectivity index is 2.24. The number of nitrogen functional groups attached to an aromatic ring is 1. The highest BCUT2D eigenvalue weighted by Crippen LogP contribution is 2.19. The van der Waals surface area contributed by atoms with Gasteiger partial charge in [-0.15, -0.1) is 0 Å². The van der Waals surface area contributed by atoms with Gasteiger partial charge < -0.3 is 11.1 Å². The first-order chi connectivity index (χ1) is 9.88. The molecule has 108 valence electrons. The molecule has 0 aliphatic heterocycles. The molecule has 0 unspecified atom stereocenters. The number of ketones is 1. The van der Waals surface area contributed by atoms with Crippen LogP contribution in [0.4, 0.5) is 15.8 Å². The SMILES string of the molecule is CC(=O)c1ccc(NC(=O)c2cc(N)cc(C)c2F)cc1. The fourth-order valence-electron chi connectivity index (χ4n) is 1.95. The maximum Gasteiger partial charge on any atom is 0.258 e. The van der Waals surface area contributed by atoms with Crippen molar-refractivity contribution in [2.24, 2.45) is 0 Å². The molecule has 0 aliphatic carbocycles. The third kappa shape index (κ3) is 3.25. The van der Waals surface area contributed by atoms with Gasteiger partial charge >= 0.3 is 0 Å². The summed E-state index contributed by atoms with van der Waals surface area (Å²) in [6.07, 6.45) is 0. The van der Waals surface area contributed by atoms with E-state index in [0.29, 0.717) is 22.5 Å². The Bertz CT molecular complexity index is 709. The number of amides is 1. The minimum absolute atomic E-state index is 0.0645. The Kier molecular flexibility index (Phi) is 4.03. The van der Waals surface area contributed by atoms with E-state index in [1.807, 2.05) is 0 Å². The van der Waals surface area contributed by atoms with Crippen molar-refractivity contribution < 1.29 is 14.0 Å². The Labute approximate surface area is 121 Å². The van der Waals surface area contributed by atoms with E-state index in [4.69, 9.17) is 5.73 Å². The molecule has 0 fully saturated rings. The number of nitrogens with one attached hydrogen (secondary N) is 1. The molecule has 0 saturated heterocycles. The van der Waals surface area contributed by atoms with Crippen molar-refractivity contribution >= 4 is 23.1 Å². The summed E-state index contributed by atoms with van der Waals surface area (Å²) in [6, 6.07) is 9.13. The standard InChI is InChI=1S/C16H15FN2O2/c1-9-7-12(18)8-14(15(9)17)16(21)19-13-5-3-11(4-6-13)10(2)20/h3-8H,18H2,1-2H3,(H,19,21). The summed E-state index contributed by atoms with van der Waals surface area (Å²) >= 11 is 0. The zero-order chi connectivity index (χ0) is 15.6. The highest BCUT2D eigenvalue weighted by Gasteiger charge is 2.15. The van der Waals surface area contributed by atoms with Gasteiger partial charge in [-0.2, -0.15) is 0 Å². The van der Waals surface area contributed by atoms with Crippen molar-refractivity contribution in [1.82, 2.24) is 0 Å². The van der Waals surface area contributed by atoms with Gasteiger partial charge in [-0.3, -0.25) is 9.59 Å². The average Bonchev–Trinajstić information content (AvgIpc) is 2.43. The lowest BCUT2D eigenvalue weighted by molar-refractivity contribution is 0.101. The Morgan fingerprint density at radius 1 is 1.14 bits per heavy atom. The molecule has 1 amide bonds. The maximum atomic E-state index is 13.9. The van der Waals surface area contributed by atoms with Crippen LogP contribution < -0.4 is 11.1 Å². The second kappa shape index (κ2) is 5.75. The summed E-state index contributed by atoms with van der Waals surface area (Å²) in [5, 5.41) is 2.57. The smallest absolute Gasteiger partial charge is 0.258 e. The van der Waals surface area contributed by atoms with Crippen molar-refractivity contribution in [3.8, 4) is 0 Å². The van der Waals surface area contributed by atoms with Crippen LogP contribution in [0.2, 0.25) is 0 Å². The number of hydrogen-bond donors (Lipinski definition) is 2. The first-order valence-electron chi connectivity index (χ1n) is 6.36. The van der Waals surface area contributed by atoms with Gasteiger partial charge in [0.25, 0.3) is 5.91 Å². The number of carbonyl (C=O) groups excluding carboxylic acids is 2. The summed E-state index contributed by atoms with van der Waals surface area (Å²) in [5.74, 6) is -1.24. The molecule has 2 rings (SSSR count). The molecule has 0 saturated carbocycles. The molecule has 2 aromatic carbocycles. The molecule has 4 nitrogen and oxygen atoms in total. The van der Waals surface area contributed by atoms with Crippen molar-refractivity contribution in [3.05, 3.63) is 58.9 Å². The number of hydrogen-bond acceptors (Lipinski definition) is 3. The molecule has 0 atom stereocenters. The normalized spacial score (nSPS) is 10.2. The lowest BCUT2D eigenvalue weighted by atomic mass is 10.1. The van der Waals surface area contributed by atoms with Crippen LogP contribution in [0.5, 0.6) is 0 Å². The quantitative estimate of drug-likeness (QED) is 0.672. The molecule has 0 aliphatic rings. The molecule has 0 heterocycles. The molecule has 0 aromatic heterocycles. The number of rotatable bonds is 3. The van der Waals surface area contributed by atoms with Crippen LogP contribution in [-0.4, -0.2) is 11.7 Å². The third-order valence-electron chi connectivity index (χ3n) is 3.07. The summed E-state index contributed by atoms with van der Waals surface area (Å²) in [7, 11) is 0. The molecule has 5 heteroatoms. The predicted octanol–water partition coefficient (Wildman–Crippen LogP) is 3.17. The summed E-state index contributed by atoms with van der Waals surface area (Å²) < 4.78 is 13.9. The summed E-state index contributed by atoms with van der Waals surface area (Å²) in [5.41, 5.74) is 7.17. The summed E-state index contributed by atoms with van der Waals surface area (Å²) in [6.45, 7) is 3.00. The van der Waals surface area contributed by atoms with E-state index in [1.165, 1.54) is 19.1 Å². The van der Waals surface area contributed by atoms with E-state index < -0.39 is 11.7 Å². The number of benzene rings is 2. The van der Waals surface area contributed by atoms with E-state index in [1.54, 1.807) is 31.2 Å².